The number of hydrogen-bond acceptors (Lipinski definition) is 8. The van der Waals surface area contributed by atoms with Crippen molar-refractivity contribution in [2.75, 3.05) is 25.4 Å². The molecule has 1 aliphatic rings. The molecule has 8 nitrogen and oxygen atoms in total. The molecule has 192 valence electrons. The van der Waals surface area contributed by atoms with Gasteiger partial charge in [-0.1, -0.05) is 29.1 Å². The zero-order valence-corrected chi connectivity index (χ0v) is 21.2. The monoisotopic (exact) mass is 525 g/mol. The summed E-state index contributed by atoms with van der Waals surface area (Å²) in [7, 11) is 1.80. The van der Waals surface area contributed by atoms with Crippen LogP contribution >= 0.6 is 11.8 Å². The molecule has 4 aromatic rings. The first-order chi connectivity index (χ1) is 17.9. The van der Waals surface area contributed by atoms with Crippen molar-refractivity contribution < 1.29 is 22.8 Å². The SMILES string of the molecule is Cc1cc(-c2ccc3c(c2)CCN(CCSc2nnc(-c4ccc(F)c(F)c4)n2C)CC3OC=O)no1. The highest BCUT2D eigenvalue weighted by atomic mass is 32.2. The molecule has 0 aliphatic carbocycles. The standard InChI is InChI=1S/C26H25F2N5O3S/c1-16-11-23(31-36-16)18-3-5-20-17(12-18)7-8-33(14-24(20)35-15-34)9-10-37-26-30-29-25(32(26)2)19-4-6-21(27)22(28)13-19/h3-6,11-13,15,24H,7-10,14H2,1-2H3. The van der Waals surface area contributed by atoms with Crippen LogP contribution in [0.25, 0.3) is 22.6 Å². The van der Waals surface area contributed by atoms with Crippen LogP contribution in [0.4, 0.5) is 8.78 Å². The number of rotatable bonds is 8. The molecule has 11 heteroatoms. The highest BCUT2D eigenvalue weighted by Crippen LogP contribution is 2.31. The molecule has 0 N–H and O–H groups in total. The molecule has 0 saturated heterocycles. The van der Waals surface area contributed by atoms with Gasteiger partial charge >= 0.3 is 0 Å². The number of aryl methyl sites for hydroxylation is 1. The molecule has 0 spiro atoms. The lowest BCUT2D eigenvalue weighted by molar-refractivity contribution is -0.134. The van der Waals surface area contributed by atoms with Crippen LogP contribution in [-0.2, 0) is 23.0 Å². The predicted octanol–water partition coefficient (Wildman–Crippen LogP) is 4.59. The first-order valence-electron chi connectivity index (χ1n) is 11.8. The molecule has 3 heterocycles. The van der Waals surface area contributed by atoms with Crippen molar-refractivity contribution in [3.8, 4) is 22.6 Å². The van der Waals surface area contributed by atoms with E-state index in [1.807, 2.05) is 25.1 Å². The Kier molecular flexibility index (Phi) is 7.33. The fraction of sp³-hybridized carbons (Fsp3) is 0.308. The molecule has 1 unspecified atom stereocenters. The van der Waals surface area contributed by atoms with E-state index in [-0.39, 0.29) is 6.10 Å². The van der Waals surface area contributed by atoms with Crippen LogP contribution in [-0.4, -0.2) is 56.7 Å². The van der Waals surface area contributed by atoms with Crippen molar-refractivity contribution >= 4 is 18.2 Å². The van der Waals surface area contributed by atoms with Crippen LogP contribution in [0.2, 0.25) is 0 Å². The summed E-state index contributed by atoms with van der Waals surface area (Å²) >= 11 is 1.52. The van der Waals surface area contributed by atoms with Gasteiger partial charge in [0.15, 0.2) is 22.6 Å². The van der Waals surface area contributed by atoms with Gasteiger partial charge in [-0.15, -0.1) is 10.2 Å². The fourth-order valence-electron chi connectivity index (χ4n) is 4.48. The van der Waals surface area contributed by atoms with Crippen molar-refractivity contribution in [2.45, 2.75) is 24.6 Å². The second kappa shape index (κ2) is 10.8. The number of fused-ring (bicyclic) bond motifs is 1. The van der Waals surface area contributed by atoms with Crippen molar-refractivity contribution in [3.63, 3.8) is 0 Å². The molecule has 2 aromatic carbocycles. The number of carbonyl (C=O) groups excluding carboxylic acids is 1. The van der Waals surface area contributed by atoms with E-state index in [0.717, 1.165) is 65.5 Å². The lowest BCUT2D eigenvalue weighted by atomic mass is 9.97. The number of halogens is 2. The highest BCUT2D eigenvalue weighted by Gasteiger charge is 2.25. The Hall–Kier alpha value is -3.57. The van der Waals surface area contributed by atoms with Gasteiger partial charge in [0.1, 0.15) is 17.6 Å². The first kappa shape index (κ1) is 25.1. The zero-order chi connectivity index (χ0) is 25.9. The predicted molar refractivity (Wildman–Crippen MR) is 134 cm³/mol. The summed E-state index contributed by atoms with van der Waals surface area (Å²) in [6.07, 6.45) is 0.427. The molecular formula is C26H25F2N5O3S. The Morgan fingerprint density at radius 1 is 1.14 bits per heavy atom. The second-order valence-corrected chi connectivity index (χ2v) is 9.91. The molecule has 1 atom stereocenters. The van der Waals surface area contributed by atoms with Crippen LogP contribution in [0, 0.1) is 18.6 Å². The molecule has 0 radical (unpaired) electrons. The molecular weight excluding hydrogens is 500 g/mol. The number of thioether (sulfide) groups is 1. The number of hydrogen-bond donors (Lipinski definition) is 0. The van der Waals surface area contributed by atoms with Gasteiger partial charge in [0, 0.05) is 49.6 Å². The third kappa shape index (κ3) is 5.42. The van der Waals surface area contributed by atoms with Gasteiger partial charge < -0.3 is 13.8 Å². The smallest absolute Gasteiger partial charge is 0.293 e. The Bertz CT molecular complexity index is 1420. The highest BCUT2D eigenvalue weighted by molar-refractivity contribution is 7.99. The van der Waals surface area contributed by atoms with Gasteiger partial charge in [0.25, 0.3) is 6.47 Å². The molecule has 2 aromatic heterocycles. The third-order valence-electron chi connectivity index (χ3n) is 6.41. The van der Waals surface area contributed by atoms with Crippen LogP contribution in [0.5, 0.6) is 0 Å². The van der Waals surface area contributed by atoms with E-state index in [4.69, 9.17) is 9.26 Å². The van der Waals surface area contributed by atoms with E-state index in [0.29, 0.717) is 29.6 Å². The zero-order valence-electron chi connectivity index (χ0n) is 20.4. The molecule has 0 amide bonds. The van der Waals surface area contributed by atoms with Crippen LogP contribution in [0.3, 0.4) is 0 Å². The van der Waals surface area contributed by atoms with Gasteiger partial charge in [-0.3, -0.25) is 9.69 Å². The maximum Gasteiger partial charge on any atom is 0.293 e. The first-order valence-corrected chi connectivity index (χ1v) is 12.8. The van der Waals surface area contributed by atoms with Crippen LogP contribution in [0.15, 0.2) is 52.1 Å². The van der Waals surface area contributed by atoms with Gasteiger partial charge in [0.05, 0.1) is 0 Å². The normalized spacial score (nSPS) is 15.8. The summed E-state index contributed by atoms with van der Waals surface area (Å²) in [4.78, 5) is 13.5. The molecule has 0 saturated carbocycles. The van der Waals surface area contributed by atoms with E-state index in [2.05, 4.69) is 26.3 Å². The lowest BCUT2D eigenvalue weighted by Gasteiger charge is -2.23. The largest absolute Gasteiger partial charge is 0.458 e. The Morgan fingerprint density at radius 3 is 2.73 bits per heavy atom. The Labute approximate surface area is 216 Å². The number of benzene rings is 2. The molecule has 0 fully saturated rings. The second-order valence-electron chi connectivity index (χ2n) is 8.85. The summed E-state index contributed by atoms with van der Waals surface area (Å²) in [5, 5.41) is 13.2. The van der Waals surface area contributed by atoms with E-state index in [9.17, 15) is 13.6 Å². The summed E-state index contributed by atoms with van der Waals surface area (Å²) in [6.45, 7) is 4.47. The fourth-order valence-corrected chi connectivity index (χ4v) is 5.39. The van der Waals surface area contributed by atoms with E-state index in [1.165, 1.54) is 17.8 Å². The van der Waals surface area contributed by atoms with E-state index in [1.54, 1.807) is 11.6 Å². The number of ether oxygens (including phenoxy) is 1. The van der Waals surface area contributed by atoms with Gasteiger partial charge in [-0.05, 0) is 48.7 Å². The molecule has 5 rings (SSSR count). The van der Waals surface area contributed by atoms with Crippen LogP contribution < -0.4 is 0 Å². The van der Waals surface area contributed by atoms with Gasteiger partial charge in [0.2, 0.25) is 0 Å². The average molecular weight is 526 g/mol. The Balaban J connectivity index is 1.25. The summed E-state index contributed by atoms with van der Waals surface area (Å²) < 4.78 is 39.4. The average Bonchev–Trinajstić information content (AvgIpc) is 3.44. The van der Waals surface area contributed by atoms with E-state index >= 15 is 0 Å². The van der Waals surface area contributed by atoms with Crippen molar-refractivity contribution in [1.29, 1.82) is 0 Å². The number of aromatic nitrogens is 4. The Morgan fingerprint density at radius 2 is 1.97 bits per heavy atom. The maximum atomic E-state index is 13.7. The summed E-state index contributed by atoms with van der Waals surface area (Å²) in [5.74, 6) is 0.102. The molecule has 0 bridgehead atoms. The van der Waals surface area contributed by atoms with Crippen LogP contribution in [0.1, 0.15) is 23.0 Å². The minimum Gasteiger partial charge on any atom is -0.458 e. The minimum atomic E-state index is -0.924. The quantitative estimate of drug-likeness (QED) is 0.244. The lowest BCUT2D eigenvalue weighted by Crippen LogP contribution is -2.31. The molecule has 37 heavy (non-hydrogen) atoms. The number of carbonyl (C=O) groups is 1. The molecule has 1 aliphatic heterocycles. The summed E-state index contributed by atoms with van der Waals surface area (Å²) in [5.41, 5.74) is 4.31. The van der Waals surface area contributed by atoms with Crippen molar-refractivity contribution in [3.05, 3.63) is 71.0 Å². The third-order valence-corrected chi connectivity index (χ3v) is 7.41. The maximum absolute atomic E-state index is 13.7. The topological polar surface area (TPSA) is 86.3 Å². The summed E-state index contributed by atoms with van der Waals surface area (Å²) in [6, 6.07) is 11.6. The van der Waals surface area contributed by atoms with Crippen molar-refractivity contribution in [1.82, 2.24) is 24.8 Å². The minimum absolute atomic E-state index is 0.372. The van der Waals surface area contributed by atoms with E-state index < -0.39 is 11.6 Å². The van der Waals surface area contributed by atoms with Crippen molar-refractivity contribution in [2.24, 2.45) is 7.05 Å². The number of nitrogens with zero attached hydrogens (tertiary/aromatic N) is 5. The van der Waals surface area contributed by atoms with Gasteiger partial charge in [-0.25, -0.2) is 8.78 Å². The van der Waals surface area contributed by atoms with Gasteiger partial charge in [-0.2, -0.15) is 0 Å².